The van der Waals surface area contributed by atoms with Crippen LogP contribution < -0.4 is 16.4 Å². The summed E-state index contributed by atoms with van der Waals surface area (Å²) >= 11 is 0. The molecule has 3 rings (SSSR count). The fraction of sp³-hybridized carbons (Fsp3) is 0.0625. The van der Waals surface area contributed by atoms with Crippen LogP contribution in [0.5, 0.6) is 0 Å². The molecule has 3 aromatic rings. The van der Waals surface area contributed by atoms with E-state index in [1.807, 2.05) is 0 Å². The lowest BCUT2D eigenvalue weighted by molar-refractivity contribution is 0.102. The number of rotatable bonds is 4. The highest BCUT2D eigenvalue weighted by atomic mass is 19.1. The van der Waals surface area contributed by atoms with Crippen LogP contribution in [0.3, 0.4) is 0 Å². The predicted molar refractivity (Wildman–Crippen MR) is 91.5 cm³/mol. The molecule has 0 fully saturated rings. The summed E-state index contributed by atoms with van der Waals surface area (Å²) in [6.45, 7) is 1.63. The Labute approximate surface area is 147 Å². The minimum absolute atomic E-state index is 0.106. The lowest BCUT2D eigenvalue weighted by atomic mass is 10.1. The zero-order chi connectivity index (χ0) is 18.7. The minimum Gasteiger partial charge on any atom is -0.351 e. The number of aromatic nitrogens is 4. The summed E-state index contributed by atoms with van der Waals surface area (Å²) in [4.78, 5) is 23.3. The average Bonchev–Trinajstić information content (AvgIpc) is 3.02. The van der Waals surface area contributed by atoms with Crippen LogP contribution in [0.1, 0.15) is 16.2 Å². The first-order chi connectivity index (χ1) is 12.4. The van der Waals surface area contributed by atoms with Gasteiger partial charge in [0.1, 0.15) is 11.5 Å². The average molecular weight is 355 g/mol. The number of nitrogens with two attached hydrogens (primary N) is 1. The summed E-state index contributed by atoms with van der Waals surface area (Å²) in [7, 11) is 0. The van der Waals surface area contributed by atoms with Crippen molar-refractivity contribution in [1.29, 1.82) is 0 Å². The fourth-order valence-corrected chi connectivity index (χ4v) is 2.29. The maximum Gasteiger partial charge on any atom is 0.316 e. The molecular weight excluding hydrogens is 341 g/mol. The van der Waals surface area contributed by atoms with Gasteiger partial charge in [-0.1, -0.05) is 6.07 Å². The van der Waals surface area contributed by atoms with Crippen molar-refractivity contribution in [1.82, 2.24) is 20.2 Å². The van der Waals surface area contributed by atoms with E-state index >= 15 is 0 Å². The fourth-order valence-electron chi connectivity index (χ4n) is 2.29. The van der Waals surface area contributed by atoms with Crippen molar-refractivity contribution in [3.8, 4) is 5.69 Å². The molecule has 132 valence electrons. The van der Waals surface area contributed by atoms with Gasteiger partial charge in [-0.25, -0.2) is 9.18 Å². The van der Waals surface area contributed by atoms with Gasteiger partial charge in [0, 0.05) is 16.9 Å². The summed E-state index contributed by atoms with van der Waals surface area (Å²) in [6, 6.07) is 9.54. The molecular formula is C16H14FN7O2. The van der Waals surface area contributed by atoms with Gasteiger partial charge in [0.15, 0.2) is 5.82 Å². The number of anilines is 2. The molecule has 4 N–H and O–H groups in total. The number of tetrazole rings is 1. The molecule has 0 atom stereocenters. The van der Waals surface area contributed by atoms with Crippen LogP contribution in [0, 0.1) is 12.7 Å². The van der Waals surface area contributed by atoms with E-state index in [1.54, 1.807) is 25.1 Å². The van der Waals surface area contributed by atoms with E-state index in [0.717, 1.165) is 0 Å². The molecule has 0 aliphatic carbocycles. The number of carbonyl (C=O) groups is 2. The van der Waals surface area contributed by atoms with Crippen LogP contribution in [0.25, 0.3) is 5.69 Å². The first-order valence-electron chi connectivity index (χ1n) is 7.47. The standard InChI is InChI=1S/C16H14FN7O2/c1-9-21-22-23-24(9)14-8-12(5-6-13(14)17)19-15(25)10-3-2-4-11(7-10)20-16(18)26/h2-8H,1H3,(H,19,25)(H3,18,20,26). The maximum absolute atomic E-state index is 14.1. The second-order valence-electron chi connectivity index (χ2n) is 5.33. The zero-order valence-electron chi connectivity index (χ0n) is 13.6. The summed E-state index contributed by atoms with van der Waals surface area (Å²) in [5.74, 6) is -0.576. The molecule has 2 aromatic carbocycles. The molecule has 0 radical (unpaired) electrons. The number of primary amides is 1. The Morgan fingerprint density at radius 1 is 1.12 bits per heavy atom. The van der Waals surface area contributed by atoms with Gasteiger partial charge >= 0.3 is 6.03 Å². The van der Waals surface area contributed by atoms with E-state index in [4.69, 9.17) is 5.73 Å². The monoisotopic (exact) mass is 355 g/mol. The third kappa shape index (κ3) is 3.64. The van der Waals surface area contributed by atoms with Crippen LogP contribution in [-0.4, -0.2) is 32.1 Å². The van der Waals surface area contributed by atoms with E-state index in [-0.39, 0.29) is 5.69 Å². The molecule has 0 saturated carbocycles. The first kappa shape index (κ1) is 17.0. The zero-order valence-corrected chi connectivity index (χ0v) is 13.6. The lowest BCUT2D eigenvalue weighted by Crippen LogP contribution is -2.20. The first-order valence-corrected chi connectivity index (χ1v) is 7.47. The highest BCUT2D eigenvalue weighted by Crippen LogP contribution is 2.20. The van der Waals surface area contributed by atoms with Crippen molar-refractivity contribution in [3.63, 3.8) is 0 Å². The van der Waals surface area contributed by atoms with Crippen molar-refractivity contribution in [3.05, 3.63) is 59.7 Å². The lowest BCUT2D eigenvalue weighted by Gasteiger charge is -2.10. The highest BCUT2D eigenvalue weighted by molar-refractivity contribution is 6.05. The number of hydrogen-bond donors (Lipinski definition) is 3. The Hall–Kier alpha value is -3.82. The maximum atomic E-state index is 14.1. The summed E-state index contributed by atoms with van der Waals surface area (Å²) in [5.41, 5.74) is 6.20. The Morgan fingerprint density at radius 2 is 1.88 bits per heavy atom. The van der Waals surface area contributed by atoms with E-state index in [2.05, 4.69) is 26.2 Å². The van der Waals surface area contributed by atoms with E-state index in [1.165, 1.54) is 28.9 Å². The smallest absolute Gasteiger partial charge is 0.316 e. The largest absolute Gasteiger partial charge is 0.351 e. The second-order valence-corrected chi connectivity index (χ2v) is 5.33. The summed E-state index contributed by atoms with van der Waals surface area (Å²) in [5, 5.41) is 15.9. The van der Waals surface area contributed by atoms with Crippen molar-refractivity contribution < 1.29 is 14.0 Å². The number of halogens is 1. The van der Waals surface area contributed by atoms with Gasteiger partial charge in [0.05, 0.1) is 0 Å². The SMILES string of the molecule is Cc1nnnn1-c1cc(NC(=O)c2cccc(NC(N)=O)c2)ccc1F. The van der Waals surface area contributed by atoms with Crippen LogP contribution in [0.15, 0.2) is 42.5 Å². The Balaban J connectivity index is 1.84. The van der Waals surface area contributed by atoms with Gasteiger partial charge in [0.25, 0.3) is 5.91 Å². The molecule has 0 aliphatic rings. The molecule has 9 nitrogen and oxygen atoms in total. The van der Waals surface area contributed by atoms with Crippen molar-refractivity contribution in [2.24, 2.45) is 5.73 Å². The van der Waals surface area contributed by atoms with Gasteiger partial charge < -0.3 is 16.4 Å². The van der Waals surface area contributed by atoms with Gasteiger partial charge in [-0.2, -0.15) is 4.68 Å². The molecule has 1 aromatic heterocycles. The quantitative estimate of drug-likeness (QED) is 0.658. The predicted octanol–water partition coefficient (Wildman–Crippen LogP) is 1.85. The van der Waals surface area contributed by atoms with Crippen molar-refractivity contribution in [2.45, 2.75) is 6.92 Å². The number of urea groups is 1. The van der Waals surface area contributed by atoms with Gasteiger partial charge in [-0.15, -0.1) is 5.10 Å². The molecule has 3 amide bonds. The van der Waals surface area contributed by atoms with Crippen LogP contribution >= 0.6 is 0 Å². The van der Waals surface area contributed by atoms with Gasteiger partial charge in [-0.05, 0) is 53.7 Å². The normalized spacial score (nSPS) is 10.4. The molecule has 0 aliphatic heterocycles. The van der Waals surface area contributed by atoms with Gasteiger partial charge in [-0.3, -0.25) is 4.79 Å². The van der Waals surface area contributed by atoms with Crippen molar-refractivity contribution in [2.75, 3.05) is 10.6 Å². The van der Waals surface area contributed by atoms with Crippen LogP contribution in [0.4, 0.5) is 20.6 Å². The molecule has 1 heterocycles. The molecule has 26 heavy (non-hydrogen) atoms. The Bertz CT molecular complexity index is 986. The Kier molecular flexibility index (Phi) is 4.56. The minimum atomic E-state index is -0.734. The number of nitrogens with one attached hydrogen (secondary N) is 2. The van der Waals surface area contributed by atoms with E-state index in [9.17, 15) is 14.0 Å². The van der Waals surface area contributed by atoms with E-state index in [0.29, 0.717) is 22.8 Å². The molecule has 0 spiro atoms. The number of amides is 3. The van der Waals surface area contributed by atoms with E-state index < -0.39 is 17.8 Å². The van der Waals surface area contributed by atoms with Crippen LogP contribution in [0.2, 0.25) is 0 Å². The van der Waals surface area contributed by atoms with Gasteiger partial charge in [0.2, 0.25) is 0 Å². The second kappa shape index (κ2) is 6.97. The Morgan fingerprint density at radius 3 is 2.58 bits per heavy atom. The molecule has 0 saturated heterocycles. The topological polar surface area (TPSA) is 128 Å². The third-order valence-corrected chi connectivity index (χ3v) is 3.45. The number of nitrogens with zero attached hydrogens (tertiary/aromatic N) is 4. The summed E-state index contributed by atoms with van der Waals surface area (Å²) in [6.07, 6.45) is 0. The number of benzene rings is 2. The van der Waals surface area contributed by atoms with Crippen molar-refractivity contribution >= 4 is 23.3 Å². The number of carbonyl (C=O) groups excluding carboxylic acids is 2. The summed E-state index contributed by atoms with van der Waals surface area (Å²) < 4.78 is 15.3. The molecule has 0 bridgehead atoms. The number of aryl methyl sites for hydroxylation is 1. The molecule has 0 unspecified atom stereocenters. The number of hydrogen-bond acceptors (Lipinski definition) is 5. The van der Waals surface area contributed by atoms with Crippen LogP contribution in [-0.2, 0) is 0 Å². The molecule has 10 heteroatoms. The highest BCUT2D eigenvalue weighted by Gasteiger charge is 2.13. The third-order valence-electron chi connectivity index (χ3n) is 3.45.